The number of rotatable bonds is 18. The second-order valence-corrected chi connectivity index (χ2v) is 21.1. The van der Waals surface area contributed by atoms with Crippen LogP contribution in [0, 0.1) is 13.8 Å². The summed E-state index contributed by atoms with van der Waals surface area (Å²) in [6.45, 7) is 8.07. The van der Waals surface area contributed by atoms with Gasteiger partial charge in [0.15, 0.2) is 24.8 Å². The Kier molecular flexibility index (Phi) is 20.7. The summed E-state index contributed by atoms with van der Waals surface area (Å²) in [5.74, 6) is 0.104. The number of pyridine rings is 2. The van der Waals surface area contributed by atoms with Crippen molar-refractivity contribution in [3.63, 3.8) is 0 Å². The van der Waals surface area contributed by atoms with Crippen LogP contribution in [0.3, 0.4) is 0 Å². The zero-order valence-electron chi connectivity index (χ0n) is 36.3. The molecule has 66 heavy (non-hydrogen) atoms. The third-order valence-electron chi connectivity index (χ3n) is 10.0. The van der Waals surface area contributed by atoms with E-state index in [1.165, 1.54) is 22.7 Å². The predicted octanol–water partition coefficient (Wildman–Crippen LogP) is 5.77. The van der Waals surface area contributed by atoms with Crippen molar-refractivity contribution < 1.29 is 85.7 Å². The van der Waals surface area contributed by atoms with Gasteiger partial charge in [-0.3, -0.25) is 19.2 Å². The fraction of sp³-hybridized carbons (Fsp3) is 0.200. The molecule has 4 aromatic heterocycles. The molecule has 0 atom stereocenters. The number of halogens is 4. The average Bonchev–Trinajstić information content (AvgIpc) is 3.83. The van der Waals surface area contributed by atoms with E-state index in [2.05, 4.69) is 50.1 Å². The third kappa shape index (κ3) is 13.5. The maximum atomic E-state index is 14.2. The largest absolute Gasteiger partial charge is 1.00 e. The molecule has 0 spiro atoms. The number of carbonyl (C=O) groups is 4. The van der Waals surface area contributed by atoms with E-state index >= 15 is 0 Å². The number of carbonyl (C=O) groups excluding carboxylic acids is 4. The molecule has 0 aliphatic carbocycles. The number of thioether (sulfide) groups is 2. The normalized spacial score (nSPS) is 10.8. The fourth-order valence-corrected chi connectivity index (χ4v) is 12.4. The van der Waals surface area contributed by atoms with Crippen LogP contribution in [0.5, 0.6) is 0 Å². The first-order valence-electron chi connectivity index (χ1n) is 20.4. The van der Waals surface area contributed by atoms with Gasteiger partial charge in [-0.1, -0.05) is 56.1 Å². The van der Waals surface area contributed by atoms with E-state index in [4.69, 9.17) is 9.47 Å². The molecule has 8 nitrogen and oxygen atoms in total. The number of ether oxygens (including phenoxy) is 2. The molecule has 342 valence electrons. The lowest BCUT2D eigenvalue weighted by Gasteiger charge is -2.07. The number of ketones is 2. The van der Waals surface area contributed by atoms with Crippen LogP contribution in [0.15, 0.2) is 139 Å². The first kappa shape index (κ1) is 53.7. The second kappa shape index (κ2) is 25.4. The van der Waals surface area contributed by atoms with Gasteiger partial charge in [-0.25, -0.2) is 0 Å². The van der Waals surface area contributed by atoms with Gasteiger partial charge in [0, 0.05) is 55.8 Å². The highest BCUT2D eigenvalue weighted by molar-refractivity contribution is 9.10. The lowest BCUT2D eigenvalue weighted by molar-refractivity contribution is -0.598. The third-order valence-corrected chi connectivity index (χ3v) is 16.2. The Balaban J connectivity index is 0.00000408. The van der Waals surface area contributed by atoms with Crippen LogP contribution >= 0.6 is 78.1 Å². The molecular weight excluding hydrogens is 1270 g/mol. The summed E-state index contributed by atoms with van der Waals surface area (Å²) in [6, 6.07) is 30.9. The minimum Gasteiger partial charge on any atom is -1.00 e. The first-order valence-corrected chi connectivity index (χ1v) is 25.6. The van der Waals surface area contributed by atoms with Crippen molar-refractivity contribution in [3.8, 4) is 11.4 Å². The molecule has 0 bridgehead atoms. The summed E-state index contributed by atoms with van der Waals surface area (Å²) in [7, 11) is 0. The van der Waals surface area contributed by atoms with Gasteiger partial charge in [0.05, 0.1) is 46.9 Å². The lowest BCUT2D eigenvalue weighted by Crippen LogP contribution is -3.00. The SMILES string of the molecule is CCOC(=O)Cc1c(C(=O)c2ccc(Br)cc2)sc(SCc2cccc(CSc3sc(C(=O)c4ccc(Br)cc4)c(CC(=O)OCC)c3-[n+]3ccc(C)cc3)c2)c1-[n+]1ccc(C)cc1.[I-].[I-]. The molecule has 0 aliphatic heterocycles. The van der Waals surface area contributed by atoms with E-state index in [0.717, 1.165) is 51.0 Å². The molecule has 0 fully saturated rings. The lowest BCUT2D eigenvalue weighted by atomic mass is 10.0. The minimum absolute atomic E-state index is 0. The van der Waals surface area contributed by atoms with Gasteiger partial charge in [0.2, 0.25) is 22.9 Å². The van der Waals surface area contributed by atoms with E-state index in [1.54, 1.807) is 61.6 Å². The van der Waals surface area contributed by atoms with Gasteiger partial charge in [0.25, 0.3) is 0 Å². The number of benzene rings is 3. The van der Waals surface area contributed by atoms with Crippen LogP contribution in [0.25, 0.3) is 11.4 Å². The number of aromatic nitrogens is 2. The van der Waals surface area contributed by atoms with E-state index in [0.29, 0.717) is 43.5 Å². The van der Waals surface area contributed by atoms with Crippen LogP contribution in [0.2, 0.25) is 0 Å². The number of hydrogen-bond donors (Lipinski definition) is 0. The van der Waals surface area contributed by atoms with Crippen molar-refractivity contribution in [2.24, 2.45) is 0 Å². The van der Waals surface area contributed by atoms with Crippen molar-refractivity contribution in [2.75, 3.05) is 13.2 Å². The quantitative estimate of drug-likeness (QED) is 0.0352. The van der Waals surface area contributed by atoms with E-state index < -0.39 is 11.9 Å². The minimum atomic E-state index is -0.395. The molecule has 4 heterocycles. The van der Waals surface area contributed by atoms with Gasteiger partial charge >= 0.3 is 11.9 Å². The Hall–Kier alpha value is -3.24. The Morgan fingerprint density at radius 2 is 0.924 bits per heavy atom. The molecule has 0 saturated heterocycles. The van der Waals surface area contributed by atoms with Crippen molar-refractivity contribution in [3.05, 3.63) is 185 Å². The molecule has 0 N–H and O–H groups in total. The van der Waals surface area contributed by atoms with Crippen LogP contribution in [-0.2, 0) is 43.4 Å². The topological polar surface area (TPSA) is 94.5 Å². The smallest absolute Gasteiger partial charge is 0.310 e. The first-order chi connectivity index (χ1) is 30.9. The Morgan fingerprint density at radius 3 is 1.27 bits per heavy atom. The summed E-state index contributed by atoms with van der Waals surface area (Å²) in [4.78, 5) is 55.7. The highest BCUT2D eigenvalue weighted by Gasteiger charge is 2.33. The molecular formula is C50H44Br2I2N2O6S4. The molecule has 0 radical (unpaired) electrons. The van der Waals surface area contributed by atoms with Crippen molar-refractivity contribution in [1.82, 2.24) is 0 Å². The molecule has 0 saturated carbocycles. The molecule has 7 rings (SSSR count). The van der Waals surface area contributed by atoms with Gasteiger partial charge in [-0.15, -0.1) is 46.2 Å². The number of aryl methyl sites for hydroxylation is 2. The Morgan fingerprint density at radius 1 is 0.561 bits per heavy atom. The molecule has 3 aromatic carbocycles. The summed E-state index contributed by atoms with van der Waals surface area (Å²) in [5.41, 5.74) is 8.25. The monoisotopic (exact) mass is 1310 g/mol. The van der Waals surface area contributed by atoms with Gasteiger partial charge < -0.3 is 57.4 Å². The van der Waals surface area contributed by atoms with Crippen LogP contribution in [0.1, 0.15) is 77.7 Å². The Bertz CT molecular complexity index is 2630. The highest BCUT2D eigenvalue weighted by Crippen LogP contribution is 2.42. The van der Waals surface area contributed by atoms with Crippen molar-refractivity contribution in [2.45, 2.75) is 60.5 Å². The van der Waals surface area contributed by atoms with E-state index in [1.807, 2.05) is 102 Å². The van der Waals surface area contributed by atoms with Crippen LogP contribution in [0.4, 0.5) is 0 Å². The zero-order valence-corrected chi connectivity index (χ0v) is 47.0. The number of hydrogen-bond acceptors (Lipinski definition) is 10. The maximum Gasteiger partial charge on any atom is 0.310 e. The summed E-state index contributed by atoms with van der Waals surface area (Å²) in [6.07, 6.45) is 7.76. The van der Waals surface area contributed by atoms with Crippen LogP contribution in [-0.4, -0.2) is 36.7 Å². The highest BCUT2D eigenvalue weighted by atomic mass is 127. The predicted molar refractivity (Wildman–Crippen MR) is 263 cm³/mol. The number of nitrogens with zero attached hydrogens (tertiary/aromatic N) is 2. The number of esters is 2. The van der Waals surface area contributed by atoms with Crippen molar-refractivity contribution in [1.29, 1.82) is 0 Å². The molecule has 0 amide bonds. The van der Waals surface area contributed by atoms with Crippen molar-refractivity contribution >= 4 is 102 Å². The fourth-order valence-electron chi connectivity index (χ4n) is 6.86. The van der Waals surface area contributed by atoms with Crippen LogP contribution < -0.4 is 57.1 Å². The molecule has 7 aromatic rings. The molecule has 0 aliphatic rings. The zero-order chi connectivity index (χ0) is 45.3. The summed E-state index contributed by atoms with van der Waals surface area (Å²) >= 11 is 13.0. The van der Waals surface area contributed by atoms with Gasteiger partial charge in [-0.05, 0) is 98.5 Å². The standard InChI is InChI=1S/C50H44Br2N2O6S4.2HI/c1-5-59-41(55)27-39-43(53-22-18-31(3)19-23-53)49(63-47(39)45(57)35-10-14-37(51)15-11-35)61-29-33-8-7-9-34(26-33)30-62-50-44(54-24-20-32(4)21-25-54)40(28-42(56)60-6-2)48(64-50)46(58)36-12-16-38(52)17-13-36;;/h7-26H,5-6,27-30H2,1-4H3;2*1H/q+2;;/p-2. The maximum absolute atomic E-state index is 14.2. The second-order valence-electron chi connectivity index (χ2n) is 14.7. The van der Waals surface area contributed by atoms with E-state index in [-0.39, 0.29) is 85.6 Å². The van der Waals surface area contributed by atoms with E-state index in [9.17, 15) is 19.2 Å². The molecule has 0 unspecified atom stereocenters. The Labute approximate surface area is 452 Å². The van der Waals surface area contributed by atoms with Gasteiger partial charge in [0.1, 0.15) is 8.42 Å². The number of thiophene rings is 2. The van der Waals surface area contributed by atoms with Gasteiger partial charge in [-0.2, -0.15) is 9.13 Å². The summed E-state index contributed by atoms with van der Waals surface area (Å²) in [5, 5.41) is 0. The average molecular weight is 1310 g/mol. The summed E-state index contributed by atoms with van der Waals surface area (Å²) < 4.78 is 18.4. The molecule has 16 heteroatoms.